The number of carbonyl (C=O) groups excluding carboxylic acids is 1. The van der Waals surface area contributed by atoms with Crippen molar-refractivity contribution in [3.63, 3.8) is 0 Å². The number of hydrogen-bond donors (Lipinski definition) is 1. The molecule has 0 unspecified atom stereocenters. The number of amides is 1. The smallest absolute Gasteiger partial charge is 0.410 e. The van der Waals surface area contributed by atoms with Gasteiger partial charge in [-0.05, 0) is 57.9 Å². The molecular formula is C25H31N7O3. The zero-order valence-electron chi connectivity index (χ0n) is 20.6. The SMILES string of the molecule is Cc1cc2ncccc2cc1Nc1ncc2c(n1)n([C@H]1CCN(C(=O)OC(C)(C)C)C1)c(=O)n2C.[HH]. The molecule has 35 heavy (non-hydrogen) atoms. The maximum absolute atomic E-state index is 13.1. The Balaban J connectivity index is 0.00000304. The molecule has 5 rings (SSSR count). The van der Waals surface area contributed by atoms with Crippen LogP contribution in [0.3, 0.4) is 0 Å². The molecule has 1 fully saturated rings. The average molecular weight is 478 g/mol. The molecular weight excluding hydrogens is 446 g/mol. The average Bonchev–Trinajstić information content (AvgIpc) is 3.36. The molecule has 1 amide bonds. The Morgan fingerprint density at radius 1 is 1.26 bits per heavy atom. The summed E-state index contributed by atoms with van der Waals surface area (Å²) in [6.07, 6.45) is 3.70. The highest BCUT2D eigenvalue weighted by molar-refractivity contribution is 5.85. The van der Waals surface area contributed by atoms with Gasteiger partial charge in [0, 0.05) is 38.8 Å². The topological polar surface area (TPSA) is 107 Å². The second kappa shape index (κ2) is 8.37. The Hall–Kier alpha value is -3.95. The molecule has 1 saturated heterocycles. The van der Waals surface area contributed by atoms with Gasteiger partial charge >= 0.3 is 11.8 Å². The number of fused-ring (bicyclic) bond motifs is 2. The van der Waals surface area contributed by atoms with Crippen LogP contribution in [0.1, 0.15) is 40.2 Å². The summed E-state index contributed by atoms with van der Waals surface area (Å²) >= 11 is 0. The summed E-state index contributed by atoms with van der Waals surface area (Å²) in [4.78, 5) is 40.9. The first-order valence-corrected chi connectivity index (χ1v) is 11.6. The Morgan fingerprint density at radius 2 is 2.06 bits per heavy atom. The van der Waals surface area contributed by atoms with E-state index in [1.807, 2.05) is 52.0 Å². The molecule has 10 heteroatoms. The number of benzene rings is 1. The van der Waals surface area contributed by atoms with Crippen molar-refractivity contribution in [3.8, 4) is 0 Å². The van der Waals surface area contributed by atoms with Gasteiger partial charge in [-0.25, -0.2) is 14.6 Å². The third-order valence-electron chi connectivity index (χ3n) is 6.21. The number of aromatic nitrogens is 5. The largest absolute Gasteiger partial charge is 0.444 e. The third kappa shape index (κ3) is 4.31. The molecule has 4 aromatic rings. The van der Waals surface area contributed by atoms with Crippen molar-refractivity contribution in [2.24, 2.45) is 7.05 Å². The first-order valence-electron chi connectivity index (χ1n) is 11.6. The van der Waals surface area contributed by atoms with Gasteiger partial charge in [0.1, 0.15) is 11.1 Å². The van der Waals surface area contributed by atoms with Crippen molar-refractivity contribution in [3.05, 3.63) is 52.7 Å². The number of likely N-dealkylation sites (tertiary alicyclic amines) is 1. The number of pyridine rings is 1. The van der Waals surface area contributed by atoms with Crippen LogP contribution in [-0.2, 0) is 11.8 Å². The van der Waals surface area contributed by atoms with E-state index in [1.54, 1.807) is 33.5 Å². The van der Waals surface area contributed by atoms with Crippen LogP contribution in [0, 0.1) is 6.92 Å². The molecule has 1 N–H and O–H groups in total. The Kier molecular flexibility index (Phi) is 5.46. The minimum atomic E-state index is -0.573. The number of imidazole rings is 1. The van der Waals surface area contributed by atoms with Gasteiger partial charge in [-0.1, -0.05) is 6.07 Å². The number of ether oxygens (including phenoxy) is 1. The zero-order chi connectivity index (χ0) is 24.9. The summed E-state index contributed by atoms with van der Waals surface area (Å²) in [6, 6.07) is 7.73. The van der Waals surface area contributed by atoms with Gasteiger partial charge in [0.25, 0.3) is 0 Å². The summed E-state index contributed by atoms with van der Waals surface area (Å²) in [5, 5.41) is 4.30. The van der Waals surface area contributed by atoms with Gasteiger partial charge in [-0.3, -0.25) is 14.1 Å². The van der Waals surface area contributed by atoms with Gasteiger partial charge in [0.2, 0.25) is 5.95 Å². The van der Waals surface area contributed by atoms with Crippen molar-refractivity contribution in [1.82, 2.24) is 29.0 Å². The van der Waals surface area contributed by atoms with Crippen molar-refractivity contribution in [1.29, 1.82) is 0 Å². The van der Waals surface area contributed by atoms with E-state index in [2.05, 4.69) is 15.3 Å². The number of rotatable bonds is 3. The van der Waals surface area contributed by atoms with Crippen LogP contribution < -0.4 is 11.0 Å². The highest BCUT2D eigenvalue weighted by atomic mass is 16.6. The first kappa shape index (κ1) is 22.8. The van der Waals surface area contributed by atoms with Crippen LogP contribution in [0.15, 0.2) is 41.5 Å². The maximum atomic E-state index is 13.1. The van der Waals surface area contributed by atoms with Gasteiger partial charge in [-0.2, -0.15) is 4.98 Å². The first-order chi connectivity index (χ1) is 16.6. The molecule has 0 saturated carbocycles. The lowest BCUT2D eigenvalue weighted by Crippen LogP contribution is -2.36. The summed E-state index contributed by atoms with van der Waals surface area (Å²) in [7, 11) is 1.71. The zero-order valence-corrected chi connectivity index (χ0v) is 20.6. The van der Waals surface area contributed by atoms with Crippen LogP contribution in [0.4, 0.5) is 16.4 Å². The summed E-state index contributed by atoms with van der Waals surface area (Å²) in [6.45, 7) is 8.42. The number of anilines is 2. The fourth-order valence-electron chi connectivity index (χ4n) is 4.45. The molecule has 3 aromatic heterocycles. The Bertz CT molecular complexity index is 1510. The van der Waals surface area contributed by atoms with Crippen molar-refractivity contribution in [2.45, 2.75) is 45.8 Å². The number of nitrogens with one attached hydrogen (secondary N) is 1. The normalized spacial score (nSPS) is 16.3. The predicted octanol–water partition coefficient (Wildman–Crippen LogP) is 4.16. The lowest BCUT2D eigenvalue weighted by atomic mass is 10.1. The van der Waals surface area contributed by atoms with E-state index in [-0.39, 0.29) is 19.3 Å². The maximum Gasteiger partial charge on any atom is 0.410 e. The van der Waals surface area contributed by atoms with Crippen LogP contribution in [0.2, 0.25) is 0 Å². The van der Waals surface area contributed by atoms with Crippen LogP contribution in [0.25, 0.3) is 22.1 Å². The number of carbonyl (C=O) groups is 1. The highest BCUT2D eigenvalue weighted by Gasteiger charge is 2.33. The molecule has 184 valence electrons. The Labute approximate surface area is 204 Å². The van der Waals surface area contributed by atoms with E-state index in [0.717, 1.165) is 22.2 Å². The molecule has 10 nitrogen and oxygen atoms in total. The Morgan fingerprint density at radius 3 is 2.83 bits per heavy atom. The number of hydrogen-bond acceptors (Lipinski definition) is 7. The molecule has 0 bridgehead atoms. The molecule has 4 heterocycles. The van der Waals surface area contributed by atoms with E-state index >= 15 is 0 Å². The fourth-order valence-corrected chi connectivity index (χ4v) is 4.45. The van der Waals surface area contributed by atoms with Gasteiger partial charge in [0.05, 0.1) is 17.8 Å². The number of aryl methyl sites for hydroxylation is 2. The molecule has 1 atom stereocenters. The molecule has 0 radical (unpaired) electrons. The quantitative estimate of drug-likeness (QED) is 0.472. The lowest BCUT2D eigenvalue weighted by molar-refractivity contribution is 0.0289. The standard InChI is InChI=1S/C25H29N7O3.H2/c1-15-11-19-16(7-6-9-26-19)12-18(15)28-22-27-13-20-21(29-22)32(23(33)30(20)5)17-8-10-31(14-17)24(34)35-25(2,3)4;/h6-7,9,11-13,17H,8,10,14H2,1-5H3,(H,27,28,29);1H/t17-;/m0./s1. The second-order valence-electron chi connectivity index (χ2n) is 9.97. The molecule has 1 aliphatic rings. The highest BCUT2D eigenvalue weighted by Crippen LogP contribution is 2.27. The van der Waals surface area contributed by atoms with Crippen LogP contribution in [-0.4, -0.2) is 53.8 Å². The minimum absolute atomic E-state index is 0. The van der Waals surface area contributed by atoms with E-state index in [4.69, 9.17) is 9.72 Å². The predicted molar refractivity (Wildman–Crippen MR) is 136 cm³/mol. The van der Waals surface area contributed by atoms with Crippen LogP contribution >= 0.6 is 0 Å². The van der Waals surface area contributed by atoms with Crippen molar-refractivity contribution in [2.75, 3.05) is 18.4 Å². The summed E-state index contributed by atoms with van der Waals surface area (Å²) in [5.74, 6) is 0.394. The van der Waals surface area contributed by atoms with Gasteiger partial charge in [-0.15, -0.1) is 0 Å². The minimum Gasteiger partial charge on any atom is -0.444 e. The monoisotopic (exact) mass is 477 g/mol. The van der Waals surface area contributed by atoms with E-state index in [9.17, 15) is 9.59 Å². The molecule has 0 spiro atoms. The molecule has 1 aromatic carbocycles. The lowest BCUT2D eigenvalue weighted by Gasteiger charge is -2.24. The van der Waals surface area contributed by atoms with E-state index < -0.39 is 5.60 Å². The fraction of sp³-hybridized carbons (Fsp3) is 0.400. The molecule has 1 aliphatic heterocycles. The van der Waals surface area contributed by atoms with E-state index in [1.165, 1.54) is 0 Å². The summed E-state index contributed by atoms with van der Waals surface area (Å²) in [5.41, 5.74) is 3.20. The molecule has 0 aliphatic carbocycles. The van der Waals surface area contributed by atoms with Gasteiger partial charge < -0.3 is 15.0 Å². The van der Waals surface area contributed by atoms with Crippen LogP contribution in [0.5, 0.6) is 0 Å². The van der Waals surface area contributed by atoms with E-state index in [0.29, 0.717) is 36.6 Å². The summed E-state index contributed by atoms with van der Waals surface area (Å²) < 4.78 is 8.72. The van der Waals surface area contributed by atoms with Gasteiger partial charge in [0.15, 0.2) is 5.65 Å². The third-order valence-corrected chi connectivity index (χ3v) is 6.21. The van der Waals surface area contributed by atoms with Crippen molar-refractivity contribution < 1.29 is 11.0 Å². The number of nitrogens with zero attached hydrogens (tertiary/aromatic N) is 6. The second-order valence-corrected chi connectivity index (χ2v) is 9.97. The van der Waals surface area contributed by atoms with Crippen molar-refractivity contribution >= 4 is 39.8 Å².